The highest BCUT2D eigenvalue weighted by atomic mass is 35.5. The number of aromatic nitrogens is 5. The van der Waals surface area contributed by atoms with Gasteiger partial charge >= 0.3 is 0 Å². The highest BCUT2D eigenvalue weighted by Crippen LogP contribution is 2.21. The van der Waals surface area contributed by atoms with Gasteiger partial charge in [0.25, 0.3) is 0 Å². The van der Waals surface area contributed by atoms with Gasteiger partial charge < -0.3 is 0 Å². The molecule has 0 aliphatic heterocycles. The highest BCUT2D eigenvalue weighted by molar-refractivity contribution is 6.32. The van der Waals surface area contributed by atoms with Crippen LogP contribution in [0.4, 0.5) is 0 Å². The van der Waals surface area contributed by atoms with Crippen molar-refractivity contribution >= 4 is 29.5 Å². The average Bonchev–Trinajstić information content (AvgIpc) is 2.85. The molecule has 0 spiro atoms. The second-order valence-electron chi connectivity index (χ2n) is 3.48. The second kappa shape index (κ2) is 4.35. The van der Waals surface area contributed by atoms with E-state index in [1.807, 2.05) is 25.5 Å². The Kier molecular flexibility index (Phi) is 3.04. The Balaban J connectivity index is 0.00000108. The predicted molar refractivity (Wildman–Crippen MR) is 67.4 cm³/mol. The second-order valence-corrected chi connectivity index (χ2v) is 3.84. The molecule has 0 amide bonds. The molecule has 17 heavy (non-hydrogen) atoms. The van der Waals surface area contributed by atoms with Crippen LogP contribution in [0.1, 0.15) is 0 Å². The quantitative estimate of drug-likeness (QED) is 0.681. The first-order valence-electron chi connectivity index (χ1n) is 4.73. The maximum Gasteiger partial charge on any atom is 0.155 e. The molecule has 0 saturated heterocycles. The van der Waals surface area contributed by atoms with Crippen LogP contribution in [0.25, 0.3) is 16.8 Å². The molecule has 0 aromatic carbocycles. The average molecular weight is 270 g/mol. The van der Waals surface area contributed by atoms with E-state index in [4.69, 9.17) is 11.6 Å². The van der Waals surface area contributed by atoms with Gasteiger partial charge in [-0.05, 0) is 6.07 Å². The fourth-order valence-corrected chi connectivity index (χ4v) is 1.82. The van der Waals surface area contributed by atoms with Crippen molar-refractivity contribution in [3.8, 4) is 11.3 Å². The van der Waals surface area contributed by atoms with Crippen LogP contribution in [-0.4, -0.2) is 24.4 Å². The monoisotopic (exact) mass is 269 g/mol. The van der Waals surface area contributed by atoms with E-state index in [-0.39, 0.29) is 12.4 Å². The molecule has 3 heterocycles. The molecule has 0 aliphatic rings. The molecule has 0 bridgehead atoms. The van der Waals surface area contributed by atoms with Gasteiger partial charge in [0, 0.05) is 18.8 Å². The van der Waals surface area contributed by atoms with E-state index < -0.39 is 0 Å². The minimum atomic E-state index is 0. The van der Waals surface area contributed by atoms with Crippen LogP contribution in [0, 0.1) is 0 Å². The zero-order chi connectivity index (χ0) is 11.1. The smallest absolute Gasteiger partial charge is 0.155 e. The van der Waals surface area contributed by atoms with Crippen molar-refractivity contribution < 1.29 is 0 Å². The molecule has 3 rings (SSSR count). The summed E-state index contributed by atoms with van der Waals surface area (Å²) in [6, 6.07) is 1.82. The van der Waals surface area contributed by atoms with Crippen molar-refractivity contribution in [2.75, 3.05) is 0 Å². The fraction of sp³-hybridized carbons (Fsp3) is 0.100. The topological polar surface area (TPSA) is 48.0 Å². The van der Waals surface area contributed by atoms with Crippen LogP contribution in [0.3, 0.4) is 0 Å². The van der Waals surface area contributed by atoms with Crippen LogP contribution in [-0.2, 0) is 7.05 Å². The molecule has 0 unspecified atom stereocenters. The Morgan fingerprint density at radius 3 is 2.76 bits per heavy atom. The number of hydrogen-bond donors (Lipinski definition) is 0. The van der Waals surface area contributed by atoms with Gasteiger partial charge in [0.1, 0.15) is 5.52 Å². The Labute approximate surface area is 108 Å². The summed E-state index contributed by atoms with van der Waals surface area (Å²) < 4.78 is 3.43. The van der Waals surface area contributed by atoms with E-state index in [1.165, 1.54) is 0 Å². The van der Waals surface area contributed by atoms with Gasteiger partial charge in [0.05, 0.1) is 24.3 Å². The zero-order valence-corrected chi connectivity index (χ0v) is 10.5. The maximum atomic E-state index is 6.06. The maximum absolute atomic E-state index is 6.06. The zero-order valence-electron chi connectivity index (χ0n) is 8.91. The summed E-state index contributed by atoms with van der Waals surface area (Å²) in [5.41, 5.74) is 2.48. The van der Waals surface area contributed by atoms with Gasteiger partial charge in [-0.15, -0.1) is 12.4 Å². The summed E-state index contributed by atoms with van der Waals surface area (Å²) in [7, 11) is 1.86. The standard InChI is InChI=1S/C10H8ClN5.ClH/c1-15-5-7(4-13-15)8-6-16-9(2-3-12-16)10(11)14-8;/h2-6H,1H3;1H. The van der Waals surface area contributed by atoms with Gasteiger partial charge in [0.2, 0.25) is 0 Å². The van der Waals surface area contributed by atoms with Crippen molar-refractivity contribution in [3.63, 3.8) is 0 Å². The molecule has 0 aliphatic carbocycles. The number of rotatable bonds is 1. The molecule has 3 aromatic rings. The molecular weight excluding hydrogens is 261 g/mol. The molecule has 88 valence electrons. The van der Waals surface area contributed by atoms with Gasteiger partial charge in [0.15, 0.2) is 5.15 Å². The third-order valence-corrected chi connectivity index (χ3v) is 2.62. The van der Waals surface area contributed by atoms with Crippen molar-refractivity contribution in [1.82, 2.24) is 24.4 Å². The van der Waals surface area contributed by atoms with Gasteiger partial charge in [-0.1, -0.05) is 11.6 Å². The summed E-state index contributed by atoms with van der Waals surface area (Å²) in [5.74, 6) is 0. The molecule has 0 radical (unpaired) electrons. The summed E-state index contributed by atoms with van der Waals surface area (Å²) in [5, 5.41) is 8.68. The number of nitrogens with zero attached hydrogens (tertiary/aromatic N) is 5. The van der Waals surface area contributed by atoms with E-state index in [0.717, 1.165) is 16.8 Å². The molecule has 3 aromatic heterocycles. The SMILES string of the molecule is Cl.Cn1cc(-c2cn3nccc3c(Cl)n2)cn1. The van der Waals surface area contributed by atoms with E-state index in [0.29, 0.717) is 5.15 Å². The molecule has 0 saturated carbocycles. The van der Waals surface area contributed by atoms with Crippen molar-refractivity contribution in [2.45, 2.75) is 0 Å². The first-order valence-corrected chi connectivity index (χ1v) is 5.11. The summed E-state index contributed by atoms with van der Waals surface area (Å²) in [6.45, 7) is 0. The lowest BCUT2D eigenvalue weighted by atomic mass is 10.3. The number of fused-ring (bicyclic) bond motifs is 1. The largest absolute Gasteiger partial charge is 0.275 e. The third kappa shape index (κ3) is 1.99. The number of aryl methyl sites for hydroxylation is 1. The van der Waals surface area contributed by atoms with Crippen LogP contribution in [0.5, 0.6) is 0 Å². The Morgan fingerprint density at radius 1 is 1.24 bits per heavy atom. The third-order valence-electron chi connectivity index (χ3n) is 2.35. The van der Waals surface area contributed by atoms with Crippen molar-refractivity contribution in [1.29, 1.82) is 0 Å². The Hall–Kier alpha value is -1.59. The molecule has 7 heteroatoms. The lowest BCUT2D eigenvalue weighted by Gasteiger charge is -2.00. The highest BCUT2D eigenvalue weighted by Gasteiger charge is 2.07. The molecular formula is C10H9Cl2N5. The Morgan fingerprint density at radius 2 is 2.06 bits per heavy atom. The van der Waals surface area contributed by atoms with E-state index in [1.54, 1.807) is 21.6 Å². The summed E-state index contributed by atoms with van der Waals surface area (Å²) >= 11 is 6.06. The van der Waals surface area contributed by atoms with E-state index in [2.05, 4.69) is 15.2 Å². The molecule has 0 atom stereocenters. The van der Waals surface area contributed by atoms with Crippen LogP contribution < -0.4 is 0 Å². The molecule has 5 nitrogen and oxygen atoms in total. The van der Waals surface area contributed by atoms with E-state index in [9.17, 15) is 0 Å². The lowest BCUT2D eigenvalue weighted by Crippen LogP contribution is -1.92. The van der Waals surface area contributed by atoms with Crippen molar-refractivity contribution in [3.05, 3.63) is 36.0 Å². The fourth-order valence-electron chi connectivity index (χ4n) is 1.58. The minimum Gasteiger partial charge on any atom is -0.275 e. The minimum absolute atomic E-state index is 0. The first-order chi connectivity index (χ1) is 7.74. The van der Waals surface area contributed by atoms with Gasteiger partial charge in [-0.25, -0.2) is 9.50 Å². The first kappa shape index (κ1) is 11.9. The van der Waals surface area contributed by atoms with Crippen LogP contribution in [0.15, 0.2) is 30.9 Å². The molecule has 0 fully saturated rings. The van der Waals surface area contributed by atoms with Gasteiger partial charge in [-0.3, -0.25) is 4.68 Å². The summed E-state index contributed by atoms with van der Waals surface area (Å²) in [4.78, 5) is 4.31. The van der Waals surface area contributed by atoms with Crippen LogP contribution in [0.2, 0.25) is 5.15 Å². The number of hydrogen-bond acceptors (Lipinski definition) is 3. The lowest BCUT2D eigenvalue weighted by molar-refractivity contribution is 0.768. The van der Waals surface area contributed by atoms with Crippen molar-refractivity contribution in [2.24, 2.45) is 7.05 Å². The van der Waals surface area contributed by atoms with Crippen LogP contribution >= 0.6 is 24.0 Å². The molecule has 0 N–H and O–H groups in total. The predicted octanol–water partition coefficient (Wildman–Crippen LogP) is 2.21. The number of halogens is 2. The Bertz CT molecular complexity index is 658. The summed E-state index contributed by atoms with van der Waals surface area (Å²) in [6.07, 6.45) is 7.15. The normalized spacial score (nSPS) is 10.5. The van der Waals surface area contributed by atoms with Gasteiger partial charge in [-0.2, -0.15) is 10.2 Å². The van der Waals surface area contributed by atoms with E-state index >= 15 is 0 Å².